The fraction of sp³-hybridized carbons (Fsp3) is 0.364. The number of aliphatic hydroxyl groups excluding tert-OH is 1. The van der Waals surface area contributed by atoms with E-state index in [1.165, 1.54) is 5.69 Å². The van der Waals surface area contributed by atoms with E-state index in [1.807, 2.05) is 36.4 Å². The minimum atomic E-state index is -0.491. The number of allylic oxidation sites excluding steroid dienone is 1. The Bertz CT molecular complexity index is 682. The molecule has 1 N–H and O–H groups in total. The number of para-hydroxylation sites is 2. The molecule has 0 spiro atoms. The second-order valence-electron chi connectivity index (χ2n) is 6.69. The van der Waals surface area contributed by atoms with Gasteiger partial charge in [0.25, 0.3) is 0 Å². The van der Waals surface area contributed by atoms with Crippen LogP contribution in [0.5, 0.6) is 5.75 Å². The predicted octanol–water partition coefficient (Wildman–Crippen LogP) is 2.98. The van der Waals surface area contributed by atoms with Gasteiger partial charge in [-0.1, -0.05) is 42.5 Å². The summed E-state index contributed by atoms with van der Waals surface area (Å²) in [5, 5.41) is 10.4. The molecule has 0 unspecified atom stereocenters. The fourth-order valence-electron chi connectivity index (χ4n) is 3.33. The van der Waals surface area contributed by atoms with E-state index in [2.05, 4.69) is 40.6 Å². The zero-order valence-electron chi connectivity index (χ0n) is 15.3. The number of anilines is 1. The van der Waals surface area contributed by atoms with Crippen LogP contribution >= 0.6 is 0 Å². The molecule has 1 fully saturated rings. The zero-order chi connectivity index (χ0) is 18.2. The zero-order valence-corrected chi connectivity index (χ0v) is 15.3. The summed E-state index contributed by atoms with van der Waals surface area (Å²) >= 11 is 0. The van der Waals surface area contributed by atoms with Gasteiger partial charge in [0, 0.05) is 38.4 Å². The molecule has 1 saturated heterocycles. The number of ether oxygens (including phenoxy) is 1. The van der Waals surface area contributed by atoms with Crippen LogP contribution in [0.25, 0.3) is 0 Å². The number of hydrogen-bond donors (Lipinski definition) is 1. The molecule has 1 heterocycles. The summed E-state index contributed by atoms with van der Waals surface area (Å²) in [6.07, 6.45) is 2.15. The molecule has 4 nitrogen and oxygen atoms in total. The van der Waals surface area contributed by atoms with Crippen LogP contribution in [-0.4, -0.2) is 55.4 Å². The van der Waals surface area contributed by atoms with Gasteiger partial charge >= 0.3 is 0 Å². The summed E-state index contributed by atoms with van der Waals surface area (Å²) < 4.78 is 5.85. The summed E-state index contributed by atoms with van der Waals surface area (Å²) in [4.78, 5) is 4.70. The quantitative estimate of drug-likeness (QED) is 0.741. The minimum absolute atomic E-state index is 0.313. The molecule has 2 aromatic carbocycles. The van der Waals surface area contributed by atoms with Crippen molar-refractivity contribution in [2.45, 2.75) is 12.5 Å². The van der Waals surface area contributed by atoms with Crippen LogP contribution < -0.4 is 9.64 Å². The van der Waals surface area contributed by atoms with Crippen LogP contribution in [0.15, 0.2) is 67.3 Å². The molecule has 1 aliphatic heterocycles. The molecule has 3 rings (SSSR count). The summed E-state index contributed by atoms with van der Waals surface area (Å²) in [7, 11) is 0. The molecule has 0 aliphatic carbocycles. The smallest absolute Gasteiger partial charge is 0.122 e. The van der Waals surface area contributed by atoms with Gasteiger partial charge in [0.2, 0.25) is 0 Å². The lowest BCUT2D eigenvalue weighted by Gasteiger charge is -2.36. The normalized spacial score (nSPS) is 16.3. The van der Waals surface area contributed by atoms with Crippen molar-refractivity contribution in [2.75, 3.05) is 44.2 Å². The van der Waals surface area contributed by atoms with Gasteiger partial charge < -0.3 is 14.7 Å². The van der Waals surface area contributed by atoms with Crippen LogP contribution in [0.2, 0.25) is 0 Å². The molecule has 138 valence electrons. The number of piperazine rings is 1. The van der Waals surface area contributed by atoms with E-state index in [1.54, 1.807) is 0 Å². The maximum absolute atomic E-state index is 10.4. The molecule has 4 heteroatoms. The van der Waals surface area contributed by atoms with Crippen LogP contribution in [0.1, 0.15) is 5.56 Å². The molecule has 1 aliphatic rings. The first-order valence-corrected chi connectivity index (χ1v) is 9.28. The number of aliphatic hydroxyl groups is 1. The molecular formula is C22H28N2O2. The first-order chi connectivity index (χ1) is 12.8. The third-order valence-corrected chi connectivity index (χ3v) is 4.73. The molecule has 0 radical (unpaired) electrons. The highest BCUT2D eigenvalue weighted by Gasteiger charge is 2.19. The molecule has 0 bridgehead atoms. The number of hydrogen-bond acceptors (Lipinski definition) is 4. The summed E-state index contributed by atoms with van der Waals surface area (Å²) in [6, 6.07) is 18.4. The highest BCUT2D eigenvalue weighted by Crippen LogP contribution is 2.19. The summed E-state index contributed by atoms with van der Waals surface area (Å²) in [5.41, 5.74) is 2.38. The number of rotatable bonds is 8. The molecule has 1 atom stereocenters. The van der Waals surface area contributed by atoms with Crippen LogP contribution in [-0.2, 0) is 6.42 Å². The second-order valence-corrected chi connectivity index (χ2v) is 6.69. The third-order valence-electron chi connectivity index (χ3n) is 4.73. The van der Waals surface area contributed by atoms with E-state index in [9.17, 15) is 5.11 Å². The van der Waals surface area contributed by atoms with Crippen molar-refractivity contribution in [3.8, 4) is 5.75 Å². The topological polar surface area (TPSA) is 35.9 Å². The summed E-state index contributed by atoms with van der Waals surface area (Å²) in [6.45, 7) is 8.63. The average molecular weight is 352 g/mol. The Hall–Kier alpha value is -2.30. The first-order valence-electron chi connectivity index (χ1n) is 9.28. The van der Waals surface area contributed by atoms with Gasteiger partial charge in [-0.25, -0.2) is 0 Å². The Morgan fingerprint density at radius 3 is 2.42 bits per heavy atom. The van der Waals surface area contributed by atoms with Crippen molar-refractivity contribution in [2.24, 2.45) is 0 Å². The third kappa shape index (κ3) is 5.10. The van der Waals surface area contributed by atoms with Crippen molar-refractivity contribution in [1.29, 1.82) is 0 Å². The van der Waals surface area contributed by atoms with Gasteiger partial charge in [-0.2, -0.15) is 0 Å². The van der Waals surface area contributed by atoms with E-state index in [0.29, 0.717) is 13.2 Å². The Morgan fingerprint density at radius 1 is 1.00 bits per heavy atom. The van der Waals surface area contributed by atoms with Crippen molar-refractivity contribution in [3.63, 3.8) is 0 Å². The number of β-amino-alcohol motifs (C(OH)–C–C–N with tert-alkyl or cyclic N) is 1. The second kappa shape index (κ2) is 9.41. The van der Waals surface area contributed by atoms with Crippen molar-refractivity contribution >= 4 is 5.69 Å². The van der Waals surface area contributed by atoms with E-state index in [4.69, 9.17) is 4.74 Å². The maximum Gasteiger partial charge on any atom is 0.122 e. The van der Waals surface area contributed by atoms with Gasteiger partial charge in [0.1, 0.15) is 18.5 Å². The Morgan fingerprint density at radius 2 is 1.69 bits per heavy atom. The van der Waals surface area contributed by atoms with E-state index >= 15 is 0 Å². The van der Waals surface area contributed by atoms with E-state index < -0.39 is 6.10 Å². The monoisotopic (exact) mass is 352 g/mol. The van der Waals surface area contributed by atoms with Crippen molar-refractivity contribution < 1.29 is 9.84 Å². The highest BCUT2D eigenvalue weighted by molar-refractivity contribution is 5.46. The van der Waals surface area contributed by atoms with Gasteiger partial charge in [0.05, 0.1) is 0 Å². The standard InChI is InChI=1S/C22H28N2O2/c1-2-8-19-9-6-7-12-22(19)26-18-21(25)17-23-13-15-24(16-14-23)20-10-4-3-5-11-20/h2-7,9-12,21,25H,1,8,13-18H2/t21-/m0/s1. The fourth-order valence-corrected chi connectivity index (χ4v) is 3.33. The Kier molecular flexibility index (Phi) is 6.69. The lowest BCUT2D eigenvalue weighted by Crippen LogP contribution is -2.49. The van der Waals surface area contributed by atoms with Gasteiger partial charge in [-0.15, -0.1) is 6.58 Å². The molecule has 2 aromatic rings. The molecule has 0 saturated carbocycles. The van der Waals surface area contributed by atoms with Gasteiger partial charge in [-0.05, 0) is 30.2 Å². The van der Waals surface area contributed by atoms with Crippen molar-refractivity contribution in [1.82, 2.24) is 4.90 Å². The average Bonchev–Trinajstić information content (AvgIpc) is 2.69. The van der Waals surface area contributed by atoms with Crippen molar-refractivity contribution in [3.05, 3.63) is 72.8 Å². The Balaban J connectivity index is 1.43. The predicted molar refractivity (Wildman–Crippen MR) is 107 cm³/mol. The van der Waals surface area contributed by atoms with Crippen LogP contribution in [0.3, 0.4) is 0 Å². The molecule has 0 amide bonds. The lowest BCUT2D eigenvalue weighted by atomic mass is 10.1. The minimum Gasteiger partial charge on any atom is -0.491 e. The number of benzene rings is 2. The molecular weight excluding hydrogens is 324 g/mol. The molecule has 0 aromatic heterocycles. The first kappa shape index (κ1) is 18.5. The highest BCUT2D eigenvalue weighted by atomic mass is 16.5. The van der Waals surface area contributed by atoms with E-state index in [0.717, 1.165) is 43.9 Å². The largest absolute Gasteiger partial charge is 0.491 e. The SMILES string of the molecule is C=CCc1ccccc1OC[C@@H](O)CN1CCN(c2ccccc2)CC1. The van der Waals surface area contributed by atoms with Gasteiger partial charge in [-0.3, -0.25) is 4.90 Å². The van der Waals surface area contributed by atoms with Gasteiger partial charge in [0.15, 0.2) is 0 Å². The van der Waals surface area contributed by atoms with Crippen LogP contribution in [0, 0.1) is 0 Å². The lowest BCUT2D eigenvalue weighted by molar-refractivity contribution is 0.0660. The molecule has 26 heavy (non-hydrogen) atoms. The van der Waals surface area contributed by atoms with Crippen LogP contribution in [0.4, 0.5) is 5.69 Å². The van der Waals surface area contributed by atoms with E-state index in [-0.39, 0.29) is 0 Å². The maximum atomic E-state index is 10.4. The Labute approximate surface area is 156 Å². The summed E-state index contributed by atoms with van der Waals surface area (Å²) in [5.74, 6) is 0.834. The number of nitrogens with zero attached hydrogens (tertiary/aromatic N) is 2.